The molecule has 3 heterocycles. The number of aromatic nitrogens is 3. The summed E-state index contributed by atoms with van der Waals surface area (Å²) in [5.74, 6) is 0.861. The van der Waals surface area contributed by atoms with Crippen LogP contribution in [-0.2, 0) is 19.5 Å². The van der Waals surface area contributed by atoms with Gasteiger partial charge in [-0.1, -0.05) is 6.07 Å². The second-order valence-electron chi connectivity index (χ2n) is 6.59. The Hall–Kier alpha value is -3.22. The highest BCUT2D eigenvalue weighted by atomic mass is 19.1. The Morgan fingerprint density at radius 1 is 1.29 bits per heavy atom. The molecule has 0 saturated carbocycles. The van der Waals surface area contributed by atoms with E-state index in [1.807, 2.05) is 13.0 Å². The minimum atomic E-state index is -0.283. The van der Waals surface area contributed by atoms with Crippen molar-refractivity contribution in [1.29, 1.82) is 0 Å². The molecule has 0 amide bonds. The van der Waals surface area contributed by atoms with Gasteiger partial charge in [-0.05, 0) is 38.0 Å². The summed E-state index contributed by atoms with van der Waals surface area (Å²) in [4.78, 5) is 21.4. The highest BCUT2D eigenvalue weighted by Crippen LogP contribution is 2.30. The Kier molecular flexibility index (Phi) is 5.06. The van der Waals surface area contributed by atoms with Crippen LogP contribution in [0.4, 0.5) is 10.3 Å². The number of pyridine rings is 1. The SMILES string of the molecule is CCn1c(NCc2c(F)ccc3c2CCCO3)ncc(-c2cccnc2)c1=O. The third-order valence-electron chi connectivity index (χ3n) is 4.92. The molecule has 4 rings (SSSR count). The van der Waals surface area contributed by atoms with E-state index in [1.54, 1.807) is 29.1 Å². The monoisotopic (exact) mass is 380 g/mol. The molecule has 1 aliphatic rings. The lowest BCUT2D eigenvalue weighted by Gasteiger charge is -2.21. The summed E-state index contributed by atoms with van der Waals surface area (Å²) in [6.45, 7) is 3.20. The summed E-state index contributed by atoms with van der Waals surface area (Å²) in [6.07, 6.45) is 6.47. The van der Waals surface area contributed by atoms with Crippen LogP contribution in [0.25, 0.3) is 11.1 Å². The van der Waals surface area contributed by atoms with Gasteiger partial charge in [0.05, 0.1) is 12.2 Å². The maximum Gasteiger partial charge on any atom is 0.262 e. The van der Waals surface area contributed by atoms with Gasteiger partial charge in [-0.3, -0.25) is 14.3 Å². The van der Waals surface area contributed by atoms with Crippen molar-refractivity contribution >= 4 is 5.95 Å². The summed E-state index contributed by atoms with van der Waals surface area (Å²) in [7, 11) is 0. The first-order chi connectivity index (χ1) is 13.7. The first-order valence-corrected chi connectivity index (χ1v) is 9.36. The molecule has 0 spiro atoms. The Morgan fingerprint density at radius 3 is 2.96 bits per heavy atom. The van der Waals surface area contributed by atoms with Gasteiger partial charge in [0.2, 0.25) is 5.95 Å². The number of hydrogen-bond acceptors (Lipinski definition) is 5. The lowest BCUT2D eigenvalue weighted by atomic mass is 9.99. The second kappa shape index (κ2) is 7.80. The van der Waals surface area contributed by atoms with Crippen LogP contribution in [0, 0.1) is 5.82 Å². The fraction of sp³-hybridized carbons (Fsp3) is 0.286. The third kappa shape index (κ3) is 3.35. The van der Waals surface area contributed by atoms with Crippen LogP contribution in [-0.4, -0.2) is 21.1 Å². The number of nitrogens with one attached hydrogen (secondary N) is 1. The molecule has 0 radical (unpaired) electrons. The third-order valence-corrected chi connectivity index (χ3v) is 4.92. The molecule has 144 valence electrons. The number of rotatable bonds is 5. The molecule has 1 aliphatic heterocycles. The van der Waals surface area contributed by atoms with Crippen molar-refractivity contribution in [2.75, 3.05) is 11.9 Å². The minimum absolute atomic E-state index is 0.160. The zero-order valence-corrected chi connectivity index (χ0v) is 15.6. The van der Waals surface area contributed by atoms with Gasteiger partial charge in [-0.25, -0.2) is 9.37 Å². The molecule has 2 aromatic heterocycles. The molecule has 7 heteroatoms. The van der Waals surface area contributed by atoms with Crippen LogP contribution in [0.5, 0.6) is 5.75 Å². The van der Waals surface area contributed by atoms with E-state index in [0.29, 0.717) is 35.8 Å². The lowest BCUT2D eigenvalue weighted by molar-refractivity contribution is 0.286. The van der Waals surface area contributed by atoms with E-state index in [2.05, 4.69) is 15.3 Å². The van der Waals surface area contributed by atoms with E-state index in [1.165, 1.54) is 12.3 Å². The number of fused-ring (bicyclic) bond motifs is 1. The van der Waals surface area contributed by atoms with Gasteiger partial charge in [0.1, 0.15) is 11.6 Å². The van der Waals surface area contributed by atoms with E-state index in [4.69, 9.17) is 4.74 Å². The summed E-state index contributed by atoms with van der Waals surface area (Å²) in [5, 5.41) is 3.13. The Morgan fingerprint density at radius 2 is 2.18 bits per heavy atom. The van der Waals surface area contributed by atoms with Crippen LogP contribution in [0.1, 0.15) is 24.5 Å². The number of ether oxygens (including phenoxy) is 1. The summed E-state index contributed by atoms with van der Waals surface area (Å²) < 4.78 is 21.6. The Labute approximate surface area is 162 Å². The van der Waals surface area contributed by atoms with E-state index in [-0.39, 0.29) is 17.9 Å². The van der Waals surface area contributed by atoms with E-state index in [9.17, 15) is 9.18 Å². The Balaban J connectivity index is 1.65. The van der Waals surface area contributed by atoms with Crippen molar-refractivity contribution in [3.05, 3.63) is 70.2 Å². The van der Waals surface area contributed by atoms with Crippen molar-refractivity contribution < 1.29 is 9.13 Å². The highest BCUT2D eigenvalue weighted by molar-refractivity contribution is 5.61. The molecule has 1 N–H and O–H groups in total. The van der Waals surface area contributed by atoms with Crippen LogP contribution in [0.15, 0.2) is 47.7 Å². The number of anilines is 1. The fourth-order valence-corrected chi connectivity index (χ4v) is 3.49. The molecule has 0 atom stereocenters. The van der Waals surface area contributed by atoms with Crippen LogP contribution >= 0.6 is 0 Å². The van der Waals surface area contributed by atoms with Gasteiger partial charge in [-0.15, -0.1) is 0 Å². The van der Waals surface area contributed by atoms with Crippen LogP contribution in [0.2, 0.25) is 0 Å². The number of halogens is 1. The minimum Gasteiger partial charge on any atom is -0.493 e. The van der Waals surface area contributed by atoms with E-state index < -0.39 is 0 Å². The normalized spacial score (nSPS) is 12.9. The largest absolute Gasteiger partial charge is 0.493 e. The molecule has 0 bridgehead atoms. The Bertz CT molecular complexity index is 1050. The van der Waals surface area contributed by atoms with E-state index >= 15 is 0 Å². The quantitative estimate of drug-likeness (QED) is 0.735. The predicted molar refractivity (Wildman–Crippen MR) is 105 cm³/mol. The molecular weight excluding hydrogens is 359 g/mol. The molecule has 0 saturated heterocycles. The molecule has 6 nitrogen and oxygen atoms in total. The van der Waals surface area contributed by atoms with Crippen molar-refractivity contribution in [2.45, 2.75) is 32.9 Å². The lowest BCUT2D eigenvalue weighted by Crippen LogP contribution is -2.26. The second-order valence-corrected chi connectivity index (χ2v) is 6.59. The predicted octanol–water partition coefficient (Wildman–Crippen LogP) is 3.40. The fourth-order valence-electron chi connectivity index (χ4n) is 3.49. The highest BCUT2D eigenvalue weighted by Gasteiger charge is 2.19. The van der Waals surface area contributed by atoms with E-state index in [0.717, 1.165) is 24.2 Å². The number of nitrogens with zero attached hydrogens (tertiary/aromatic N) is 3. The van der Waals surface area contributed by atoms with Crippen LogP contribution < -0.4 is 15.6 Å². The molecular formula is C21H21FN4O2. The maximum atomic E-state index is 14.4. The maximum absolute atomic E-state index is 14.4. The summed E-state index contributed by atoms with van der Waals surface area (Å²) >= 11 is 0. The zero-order valence-electron chi connectivity index (χ0n) is 15.6. The van der Waals surface area contributed by atoms with Crippen molar-refractivity contribution in [1.82, 2.24) is 14.5 Å². The van der Waals surface area contributed by atoms with Gasteiger partial charge in [0.25, 0.3) is 5.56 Å². The first-order valence-electron chi connectivity index (χ1n) is 9.36. The summed E-state index contributed by atoms with van der Waals surface area (Å²) in [5.41, 5.74) is 2.49. The van der Waals surface area contributed by atoms with Gasteiger partial charge in [-0.2, -0.15) is 0 Å². The van der Waals surface area contributed by atoms with Crippen molar-refractivity contribution in [2.24, 2.45) is 0 Å². The average Bonchev–Trinajstić information content (AvgIpc) is 2.74. The van der Waals surface area contributed by atoms with Gasteiger partial charge in [0.15, 0.2) is 0 Å². The molecule has 0 aliphatic carbocycles. The van der Waals surface area contributed by atoms with Crippen LogP contribution in [0.3, 0.4) is 0 Å². The standard InChI is InChI=1S/C21H21FN4O2/c1-2-26-20(27)16(14-5-3-9-23-11-14)12-24-21(26)25-13-17-15-6-4-10-28-19(15)8-7-18(17)22/h3,5,7-9,11-12H,2,4,6,10,13H2,1H3,(H,24,25). The van der Waals surface area contributed by atoms with Gasteiger partial charge < -0.3 is 10.1 Å². The topological polar surface area (TPSA) is 69.0 Å². The molecule has 1 aromatic carbocycles. The van der Waals surface area contributed by atoms with Crippen molar-refractivity contribution in [3.8, 4) is 16.9 Å². The van der Waals surface area contributed by atoms with Crippen molar-refractivity contribution in [3.63, 3.8) is 0 Å². The average molecular weight is 380 g/mol. The first kappa shape index (κ1) is 18.2. The zero-order chi connectivity index (χ0) is 19.5. The van der Waals surface area contributed by atoms with Gasteiger partial charge in [0, 0.05) is 48.4 Å². The smallest absolute Gasteiger partial charge is 0.262 e. The molecule has 0 unspecified atom stereocenters. The summed E-state index contributed by atoms with van der Waals surface area (Å²) in [6, 6.07) is 6.70. The molecule has 3 aromatic rings. The van der Waals surface area contributed by atoms with Gasteiger partial charge >= 0.3 is 0 Å². The number of hydrogen-bond donors (Lipinski definition) is 1. The number of benzene rings is 1. The molecule has 0 fully saturated rings. The molecule has 28 heavy (non-hydrogen) atoms.